The van der Waals surface area contributed by atoms with Gasteiger partial charge in [0.1, 0.15) is 5.75 Å². The molecule has 0 radical (unpaired) electrons. The third kappa shape index (κ3) is 5.49. The minimum absolute atomic E-state index is 0.271. The average molecular weight is 338 g/mol. The first-order valence-electron chi connectivity index (χ1n) is 8.21. The summed E-state index contributed by atoms with van der Waals surface area (Å²) in [5.74, 6) is -0.204. The van der Waals surface area contributed by atoms with Gasteiger partial charge in [-0.3, -0.25) is 9.59 Å². The van der Waals surface area contributed by atoms with Gasteiger partial charge in [-0.25, -0.2) is 0 Å². The van der Waals surface area contributed by atoms with Gasteiger partial charge in [0.05, 0.1) is 17.9 Å². The lowest BCUT2D eigenvalue weighted by molar-refractivity contribution is -0.111. The van der Waals surface area contributed by atoms with Gasteiger partial charge in [-0.05, 0) is 30.7 Å². The number of amides is 2. The summed E-state index contributed by atoms with van der Waals surface area (Å²) in [7, 11) is 0. The van der Waals surface area contributed by atoms with Crippen LogP contribution in [0.4, 0.5) is 5.69 Å². The molecule has 0 saturated carbocycles. The summed E-state index contributed by atoms with van der Waals surface area (Å²) in [6.07, 6.45) is 5.12. The van der Waals surface area contributed by atoms with E-state index in [0.717, 1.165) is 24.2 Å². The van der Waals surface area contributed by atoms with E-state index >= 15 is 0 Å². The number of para-hydroxylation sites is 2. The van der Waals surface area contributed by atoms with Crippen LogP contribution in [0.1, 0.15) is 35.7 Å². The van der Waals surface area contributed by atoms with Crippen LogP contribution in [-0.4, -0.2) is 18.4 Å². The van der Waals surface area contributed by atoms with Gasteiger partial charge < -0.3 is 15.8 Å². The molecule has 0 bridgehead atoms. The number of hydrogen-bond acceptors (Lipinski definition) is 3. The quantitative estimate of drug-likeness (QED) is 0.570. The molecule has 25 heavy (non-hydrogen) atoms. The lowest BCUT2D eigenvalue weighted by Crippen LogP contribution is -2.16. The van der Waals surface area contributed by atoms with E-state index < -0.39 is 5.91 Å². The summed E-state index contributed by atoms with van der Waals surface area (Å²) in [5, 5.41) is 2.67. The Bertz CT molecular complexity index is 769. The Kier molecular flexibility index (Phi) is 6.77. The van der Waals surface area contributed by atoms with E-state index in [1.54, 1.807) is 30.3 Å². The van der Waals surface area contributed by atoms with Crippen molar-refractivity contribution >= 4 is 23.6 Å². The second kappa shape index (κ2) is 9.27. The molecule has 0 heterocycles. The van der Waals surface area contributed by atoms with Crippen molar-refractivity contribution in [2.75, 3.05) is 11.9 Å². The van der Waals surface area contributed by atoms with E-state index in [-0.39, 0.29) is 11.5 Å². The van der Waals surface area contributed by atoms with Crippen LogP contribution in [0.3, 0.4) is 0 Å². The third-order valence-corrected chi connectivity index (χ3v) is 3.54. The van der Waals surface area contributed by atoms with Crippen molar-refractivity contribution in [2.45, 2.75) is 19.8 Å². The van der Waals surface area contributed by atoms with Crippen LogP contribution in [0.25, 0.3) is 6.08 Å². The van der Waals surface area contributed by atoms with Crippen molar-refractivity contribution in [2.24, 2.45) is 5.73 Å². The summed E-state index contributed by atoms with van der Waals surface area (Å²) in [6.45, 7) is 2.74. The number of hydrogen-bond donors (Lipinski definition) is 2. The fourth-order valence-electron chi connectivity index (χ4n) is 2.22. The van der Waals surface area contributed by atoms with Crippen molar-refractivity contribution in [3.05, 3.63) is 65.7 Å². The Morgan fingerprint density at radius 2 is 1.84 bits per heavy atom. The van der Waals surface area contributed by atoms with Gasteiger partial charge in [0.25, 0.3) is 5.91 Å². The Morgan fingerprint density at radius 1 is 1.12 bits per heavy atom. The zero-order valence-electron chi connectivity index (χ0n) is 14.2. The molecule has 130 valence electrons. The molecule has 0 atom stereocenters. The minimum Gasteiger partial charge on any atom is -0.493 e. The zero-order chi connectivity index (χ0) is 18.1. The molecule has 0 unspecified atom stereocenters. The summed E-state index contributed by atoms with van der Waals surface area (Å²) in [4.78, 5) is 23.5. The predicted octanol–water partition coefficient (Wildman–Crippen LogP) is 3.62. The molecule has 2 rings (SSSR count). The number of anilines is 1. The topological polar surface area (TPSA) is 81.4 Å². The van der Waals surface area contributed by atoms with Crippen molar-refractivity contribution in [3.63, 3.8) is 0 Å². The summed E-state index contributed by atoms with van der Waals surface area (Å²) in [6, 6.07) is 14.1. The Balaban J connectivity index is 2.07. The van der Waals surface area contributed by atoms with E-state index in [2.05, 4.69) is 12.2 Å². The monoisotopic (exact) mass is 338 g/mol. The van der Waals surface area contributed by atoms with Gasteiger partial charge in [-0.15, -0.1) is 0 Å². The molecule has 5 heteroatoms. The Morgan fingerprint density at radius 3 is 2.60 bits per heavy atom. The first-order chi connectivity index (χ1) is 12.1. The highest BCUT2D eigenvalue weighted by Gasteiger charge is 2.08. The highest BCUT2D eigenvalue weighted by atomic mass is 16.5. The lowest BCUT2D eigenvalue weighted by atomic mass is 10.1. The number of unbranched alkanes of at least 4 members (excludes halogenated alkanes) is 1. The molecule has 2 amide bonds. The van der Waals surface area contributed by atoms with Gasteiger partial charge in [-0.2, -0.15) is 0 Å². The van der Waals surface area contributed by atoms with Gasteiger partial charge >= 0.3 is 0 Å². The molecule has 0 aliphatic carbocycles. The smallest absolute Gasteiger partial charge is 0.250 e. The van der Waals surface area contributed by atoms with Crippen LogP contribution in [0.15, 0.2) is 54.6 Å². The first kappa shape index (κ1) is 18.3. The molecule has 0 aliphatic rings. The van der Waals surface area contributed by atoms with Crippen molar-refractivity contribution in [1.29, 1.82) is 0 Å². The van der Waals surface area contributed by atoms with Crippen molar-refractivity contribution < 1.29 is 14.3 Å². The van der Waals surface area contributed by atoms with Gasteiger partial charge in [0, 0.05) is 11.6 Å². The minimum atomic E-state index is -0.588. The van der Waals surface area contributed by atoms with Gasteiger partial charge in [-0.1, -0.05) is 43.7 Å². The third-order valence-electron chi connectivity index (χ3n) is 3.54. The normalized spacial score (nSPS) is 10.6. The molecular formula is C20H22N2O3. The molecule has 0 fully saturated rings. The number of nitrogens with two attached hydrogens (primary N) is 1. The second-order valence-electron chi connectivity index (χ2n) is 5.47. The summed E-state index contributed by atoms with van der Waals surface area (Å²) >= 11 is 0. The number of primary amides is 1. The number of nitrogens with one attached hydrogen (secondary N) is 1. The number of ether oxygens (including phenoxy) is 1. The lowest BCUT2D eigenvalue weighted by Gasteiger charge is -2.09. The molecular weight excluding hydrogens is 316 g/mol. The van der Waals surface area contributed by atoms with E-state index in [1.165, 1.54) is 6.08 Å². The van der Waals surface area contributed by atoms with E-state index in [1.807, 2.05) is 24.3 Å². The summed E-state index contributed by atoms with van der Waals surface area (Å²) < 4.78 is 5.73. The van der Waals surface area contributed by atoms with E-state index in [4.69, 9.17) is 10.5 Å². The van der Waals surface area contributed by atoms with Gasteiger partial charge in [0.2, 0.25) is 5.91 Å². The molecule has 2 aromatic carbocycles. The molecule has 3 N–H and O–H groups in total. The molecule has 0 saturated heterocycles. The van der Waals surface area contributed by atoms with Crippen LogP contribution in [0.2, 0.25) is 0 Å². The highest BCUT2D eigenvalue weighted by molar-refractivity contribution is 6.07. The molecule has 0 spiro atoms. The van der Waals surface area contributed by atoms with E-state index in [0.29, 0.717) is 12.3 Å². The predicted molar refractivity (Wildman–Crippen MR) is 99.5 cm³/mol. The van der Waals surface area contributed by atoms with Crippen molar-refractivity contribution in [3.8, 4) is 5.75 Å². The number of carbonyl (C=O) groups excluding carboxylic acids is 2. The fraction of sp³-hybridized carbons (Fsp3) is 0.200. The zero-order valence-corrected chi connectivity index (χ0v) is 14.2. The Hall–Kier alpha value is -3.08. The van der Waals surface area contributed by atoms with Crippen LogP contribution in [0.5, 0.6) is 5.75 Å². The van der Waals surface area contributed by atoms with Crippen LogP contribution in [0, 0.1) is 0 Å². The number of rotatable bonds is 8. The number of carbonyl (C=O) groups is 2. The maximum atomic E-state index is 12.1. The highest BCUT2D eigenvalue weighted by Crippen LogP contribution is 2.20. The summed E-state index contributed by atoms with van der Waals surface area (Å²) in [5.41, 5.74) is 6.78. The molecule has 0 aliphatic heterocycles. The molecule has 5 nitrogen and oxygen atoms in total. The second-order valence-corrected chi connectivity index (χ2v) is 5.47. The van der Waals surface area contributed by atoms with Crippen LogP contribution < -0.4 is 15.8 Å². The van der Waals surface area contributed by atoms with Crippen LogP contribution in [-0.2, 0) is 4.79 Å². The maximum absolute atomic E-state index is 12.1. The largest absolute Gasteiger partial charge is 0.493 e. The van der Waals surface area contributed by atoms with Gasteiger partial charge in [0.15, 0.2) is 0 Å². The molecule has 0 aromatic heterocycles. The SMILES string of the molecule is CCCCOc1ccccc1C=CC(=O)Nc1ccccc1C(N)=O. The molecule has 2 aromatic rings. The Labute approximate surface area is 147 Å². The fourth-order valence-corrected chi connectivity index (χ4v) is 2.22. The maximum Gasteiger partial charge on any atom is 0.250 e. The average Bonchev–Trinajstić information content (AvgIpc) is 2.61. The van der Waals surface area contributed by atoms with Crippen molar-refractivity contribution in [1.82, 2.24) is 0 Å². The number of benzene rings is 2. The standard InChI is InChI=1S/C20H22N2O3/c1-2-3-14-25-18-11-7-4-8-15(18)12-13-19(23)22-17-10-6-5-9-16(17)20(21)24/h4-13H,2-3,14H2,1H3,(H2,21,24)(H,22,23). The van der Waals surface area contributed by atoms with E-state index in [9.17, 15) is 9.59 Å². The van der Waals surface area contributed by atoms with Crippen LogP contribution >= 0.6 is 0 Å². The first-order valence-corrected chi connectivity index (χ1v) is 8.21.